The highest BCUT2D eigenvalue weighted by Crippen LogP contribution is 2.26. The molecule has 138 valence electrons. The van der Waals surface area contributed by atoms with Gasteiger partial charge in [-0.3, -0.25) is 20.0 Å². The van der Waals surface area contributed by atoms with Gasteiger partial charge in [0.2, 0.25) is 11.9 Å². The van der Waals surface area contributed by atoms with Gasteiger partial charge < -0.3 is 4.74 Å². The SMILES string of the molecule is O=C(Cn1nc(-c2ccccc2)ccc1=O)Nc1n[nH]c([C@@H]2CCCO2)n1. The Kier molecular flexibility index (Phi) is 4.75. The minimum absolute atomic E-state index is 0.116. The van der Waals surface area contributed by atoms with Gasteiger partial charge in [0, 0.05) is 18.2 Å². The first kappa shape index (κ1) is 17.1. The van der Waals surface area contributed by atoms with E-state index in [0.29, 0.717) is 18.1 Å². The Hall–Kier alpha value is -3.33. The lowest BCUT2D eigenvalue weighted by Crippen LogP contribution is -2.29. The molecule has 3 aromatic rings. The molecule has 27 heavy (non-hydrogen) atoms. The van der Waals surface area contributed by atoms with E-state index in [2.05, 4.69) is 25.6 Å². The lowest BCUT2D eigenvalue weighted by atomic mass is 10.1. The molecule has 2 aromatic heterocycles. The predicted molar refractivity (Wildman–Crippen MR) is 96.9 cm³/mol. The number of carbonyl (C=O) groups excluding carboxylic acids is 1. The third-order valence-electron chi connectivity index (χ3n) is 4.22. The molecule has 0 saturated carbocycles. The van der Waals surface area contributed by atoms with Gasteiger partial charge in [0.05, 0.1) is 5.69 Å². The van der Waals surface area contributed by atoms with Crippen molar-refractivity contribution in [1.29, 1.82) is 0 Å². The largest absolute Gasteiger partial charge is 0.370 e. The Morgan fingerprint density at radius 3 is 2.89 bits per heavy atom. The summed E-state index contributed by atoms with van der Waals surface area (Å²) in [4.78, 5) is 28.5. The molecule has 1 aromatic carbocycles. The molecule has 0 spiro atoms. The lowest BCUT2D eigenvalue weighted by Gasteiger charge is -2.07. The number of amides is 1. The summed E-state index contributed by atoms with van der Waals surface area (Å²) < 4.78 is 6.64. The fourth-order valence-corrected chi connectivity index (χ4v) is 2.89. The Morgan fingerprint density at radius 1 is 1.26 bits per heavy atom. The summed E-state index contributed by atoms with van der Waals surface area (Å²) in [7, 11) is 0. The molecule has 1 aliphatic heterocycles. The van der Waals surface area contributed by atoms with E-state index in [1.807, 2.05) is 30.3 Å². The van der Waals surface area contributed by atoms with Crippen LogP contribution in [0.5, 0.6) is 0 Å². The third kappa shape index (κ3) is 3.93. The fraction of sp³-hybridized carbons (Fsp3) is 0.278. The van der Waals surface area contributed by atoms with Gasteiger partial charge in [-0.15, -0.1) is 5.10 Å². The van der Waals surface area contributed by atoms with Crippen LogP contribution in [-0.4, -0.2) is 37.5 Å². The Labute approximate surface area is 154 Å². The van der Waals surface area contributed by atoms with Crippen LogP contribution in [0.1, 0.15) is 24.8 Å². The number of H-pyrrole nitrogens is 1. The molecular formula is C18H18N6O3. The van der Waals surface area contributed by atoms with E-state index in [4.69, 9.17) is 4.74 Å². The van der Waals surface area contributed by atoms with Crippen molar-refractivity contribution in [1.82, 2.24) is 25.0 Å². The molecule has 0 unspecified atom stereocenters. The summed E-state index contributed by atoms with van der Waals surface area (Å²) in [6, 6.07) is 12.5. The van der Waals surface area contributed by atoms with Gasteiger partial charge >= 0.3 is 0 Å². The van der Waals surface area contributed by atoms with Crippen LogP contribution >= 0.6 is 0 Å². The van der Waals surface area contributed by atoms with Crippen LogP contribution < -0.4 is 10.9 Å². The van der Waals surface area contributed by atoms with Crippen molar-refractivity contribution in [3.8, 4) is 11.3 Å². The van der Waals surface area contributed by atoms with E-state index in [-0.39, 0.29) is 24.2 Å². The Morgan fingerprint density at radius 2 is 2.11 bits per heavy atom. The van der Waals surface area contributed by atoms with Crippen LogP contribution in [0.2, 0.25) is 0 Å². The average molecular weight is 366 g/mol. The number of carbonyl (C=O) groups is 1. The van der Waals surface area contributed by atoms with Crippen molar-refractivity contribution in [3.05, 3.63) is 58.6 Å². The highest BCUT2D eigenvalue weighted by Gasteiger charge is 2.22. The van der Waals surface area contributed by atoms with Gasteiger partial charge in [0.1, 0.15) is 12.6 Å². The summed E-state index contributed by atoms with van der Waals surface area (Å²) in [5.41, 5.74) is 1.11. The zero-order chi connectivity index (χ0) is 18.6. The van der Waals surface area contributed by atoms with Gasteiger partial charge in [-0.1, -0.05) is 30.3 Å². The number of hydrogen-bond acceptors (Lipinski definition) is 6. The van der Waals surface area contributed by atoms with E-state index < -0.39 is 5.91 Å². The average Bonchev–Trinajstić information content (AvgIpc) is 3.36. The van der Waals surface area contributed by atoms with Crippen LogP contribution in [0, 0.1) is 0 Å². The van der Waals surface area contributed by atoms with E-state index in [1.165, 1.54) is 6.07 Å². The number of aromatic amines is 1. The Balaban J connectivity index is 1.46. The molecule has 0 aliphatic carbocycles. The van der Waals surface area contributed by atoms with Crippen molar-refractivity contribution in [2.24, 2.45) is 0 Å². The van der Waals surface area contributed by atoms with Gasteiger partial charge in [-0.05, 0) is 18.9 Å². The maximum absolute atomic E-state index is 12.3. The van der Waals surface area contributed by atoms with Crippen molar-refractivity contribution in [2.75, 3.05) is 11.9 Å². The van der Waals surface area contributed by atoms with E-state index >= 15 is 0 Å². The van der Waals surface area contributed by atoms with Gasteiger partial charge in [-0.2, -0.15) is 10.1 Å². The zero-order valence-corrected chi connectivity index (χ0v) is 14.5. The molecule has 9 nitrogen and oxygen atoms in total. The van der Waals surface area contributed by atoms with Crippen LogP contribution in [-0.2, 0) is 16.1 Å². The van der Waals surface area contributed by atoms with Crippen LogP contribution in [0.15, 0.2) is 47.3 Å². The topological polar surface area (TPSA) is 115 Å². The minimum atomic E-state index is -0.437. The second kappa shape index (κ2) is 7.50. The number of nitrogens with zero attached hydrogens (tertiary/aromatic N) is 4. The lowest BCUT2D eigenvalue weighted by molar-refractivity contribution is -0.117. The monoisotopic (exact) mass is 366 g/mol. The number of benzene rings is 1. The highest BCUT2D eigenvalue weighted by atomic mass is 16.5. The van der Waals surface area contributed by atoms with E-state index in [9.17, 15) is 9.59 Å². The smallest absolute Gasteiger partial charge is 0.267 e. The summed E-state index contributed by atoms with van der Waals surface area (Å²) in [5, 5.41) is 13.6. The van der Waals surface area contributed by atoms with Crippen LogP contribution in [0.4, 0.5) is 5.95 Å². The van der Waals surface area contributed by atoms with Gasteiger partial charge in [0.15, 0.2) is 5.82 Å². The van der Waals surface area contributed by atoms with E-state index in [0.717, 1.165) is 23.1 Å². The first-order chi connectivity index (χ1) is 13.2. The number of hydrogen-bond donors (Lipinski definition) is 2. The molecule has 1 amide bonds. The summed E-state index contributed by atoms with van der Waals surface area (Å²) >= 11 is 0. The van der Waals surface area contributed by atoms with Crippen molar-refractivity contribution >= 4 is 11.9 Å². The van der Waals surface area contributed by atoms with Crippen molar-refractivity contribution in [3.63, 3.8) is 0 Å². The predicted octanol–water partition coefficient (Wildman–Crippen LogP) is 1.52. The fourth-order valence-electron chi connectivity index (χ4n) is 2.89. The standard InChI is InChI=1S/C18H18N6O3/c25-15(19-18-20-17(21-22-18)14-7-4-10-27-14)11-24-16(26)9-8-13(23-24)12-5-2-1-3-6-12/h1-3,5-6,8-9,14H,4,7,10-11H2,(H2,19,20,21,22,25)/t14-/m0/s1. The normalized spacial score (nSPS) is 16.4. The van der Waals surface area contributed by atoms with Gasteiger partial charge in [0.25, 0.3) is 5.56 Å². The quantitative estimate of drug-likeness (QED) is 0.707. The zero-order valence-electron chi connectivity index (χ0n) is 14.5. The molecule has 0 bridgehead atoms. The molecule has 1 atom stereocenters. The number of anilines is 1. The minimum Gasteiger partial charge on any atom is -0.370 e. The number of ether oxygens (including phenoxy) is 1. The summed E-state index contributed by atoms with van der Waals surface area (Å²) in [6.45, 7) is 0.461. The molecule has 9 heteroatoms. The first-order valence-electron chi connectivity index (χ1n) is 8.66. The Bertz CT molecular complexity index is 992. The molecule has 3 heterocycles. The summed E-state index contributed by atoms with van der Waals surface area (Å²) in [5.74, 6) is 0.301. The van der Waals surface area contributed by atoms with Crippen LogP contribution in [0.25, 0.3) is 11.3 Å². The second-order valence-corrected chi connectivity index (χ2v) is 6.17. The number of aromatic nitrogens is 5. The molecule has 0 radical (unpaired) electrons. The van der Waals surface area contributed by atoms with Crippen LogP contribution in [0.3, 0.4) is 0 Å². The molecule has 1 aliphatic rings. The van der Waals surface area contributed by atoms with Gasteiger partial charge in [-0.25, -0.2) is 4.68 Å². The van der Waals surface area contributed by atoms with Crippen molar-refractivity contribution in [2.45, 2.75) is 25.5 Å². The third-order valence-corrected chi connectivity index (χ3v) is 4.22. The maximum atomic E-state index is 12.3. The number of nitrogens with one attached hydrogen (secondary N) is 2. The molecule has 2 N–H and O–H groups in total. The molecular weight excluding hydrogens is 348 g/mol. The first-order valence-corrected chi connectivity index (χ1v) is 8.66. The van der Waals surface area contributed by atoms with Crippen molar-refractivity contribution < 1.29 is 9.53 Å². The molecule has 1 saturated heterocycles. The maximum Gasteiger partial charge on any atom is 0.267 e. The number of rotatable bonds is 5. The van der Waals surface area contributed by atoms with E-state index in [1.54, 1.807) is 6.07 Å². The second-order valence-electron chi connectivity index (χ2n) is 6.17. The summed E-state index contributed by atoms with van der Waals surface area (Å²) in [6.07, 6.45) is 1.73. The highest BCUT2D eigenvalue weighted by molar-refractivity contribution is 5.88. The molecule has 4 rings (SSSR count). The molecule has 1 fully saturated rings.